The first kappa shape index (κ1) is 16.5. The van der Waals surface area contributed by atoms with Crippen LogP contribution < -0.4 is 10.4 Å². The number of hydrogen-bond donors (Lipinski definition) is 1. The molecule has 2 atom stereocenters. The summed E-state index contributed by atoms with van der Waals surface area (Å²) in [5, 5.41) is 14.4. The molecule has 0 spiro atoms. The molecule has 0 aromatic heterocycles. The van der Waals surface area contributed by atoms with Gasteiger partial charge in [0.2, 0.25) is 5.91 Å². The Balaban J connectivity index is 1.95. The molecule has 4 nitrogen and oxygen atoms in total. The molecule has 0 radical (unpaired) electrons. The molecule has 1 amide bonds. The third kappa shape index (κ3) is 2.87. The van der Waals surface area contributed by atoms with Gasteiger partial charge in [-0.25, -0.2) is 0 Å². The Kier molecular flexibility index (Phi) is 4.59. The van der Waals surface area contributed by atoms with Gasteiger partial charge in [0.05, 0.1) is 0 Å². The molecule has 0 saturated heterocycles. The zero-order valence-electron chi connectivity index (χ0n) is 13.5. The average Bonchev–Trinajstić information content (AvgIpc) is 2.72. The Hall–Kier alpha value is -1.84. The first-order chi connectivity index (χ1) is 10.3. The number of carbonyl (C=O) groups excluding carboxylic acids is 2. The van der Waals surface area contributed by atoms with Gasteiger partial charge in [-0.2, -0.15) is 0 Å². The Morgan fingerprint density at radius 3 is 2.41 bits per heavy atom. The lowest BCUT2D eigenvalue weighted by Crippen LogP contribution is -2.50. The molecule has 1 N–H and O–H groups in total. The highest BCUT2D eigenvalue weighted by Crippen LogP contribution is 2.55. The van der Waals surface area contributed by atoms with Crippen LogP contribution >= 0.6 is 0 Å². The van der Waals surface area contributed by atoms with Crippen LogP contribution in [0.25, 0.3) is 0 Å². The molecule has 2 rings (SSSR count). The number of amides is 1. The summed E-state index contributed by atoms with van der Waals surface area (Å²) in [5.74, 6) is -1.39. The van der Waals surface area contributed by atoms with Crippen LogP contribution in [-0.4, -0.2) is 18.4 Å². The number of carboxylic acid groups (broad SMARTS) is 1. The van der Waals surface area contributed by atoms with Crippen molar-refractivity contribution in [3.63, 3.8) is 0 Å². The van der Waals surface area contributed by atoms with E-state index in [0.29, 0.717) is 19.4 Å². The molecule has 4 heteroatoms. The number of carboxylic acids is 1. The van der Waals surface area contributed by atoms with E-state index >= 15 is 0 Å². The smallest absolute Gasteiger partial charge is 0.223 e. The van der Waals surface area contributed by atoms with E-state index in [2.05, 4.69) is 5.32 Å². The molecule has 0 heterocycles. The number of aliphatic carboxylic acids is 1. The van der Waals surface area contributed by atoms with Crippen molar-refractivity contribution in [2.24, 2.45) is 16.7 Å². The van der Waals surface area contributed by atoms with Crippen LogP contribution in [-0.2, 0) is 16.0 Å². The largest absolute Gasteiger partial charge is 0.550 e. The Morgan fingerprint density at radius 2 is 1.86 bits per heavy atom. The van der Waals surface area contributed by atoms with Crippen LogP contribution in [0, 0.1) is 16.7 Å². The summed E-state index contributed by atoms with van der Waals surface area (Å²) in [4.78, 5) is 23.9. The van der Waals surface area contributed by atoms with Crippen LogP contribution in [0.1, 0.15) is 39.2 Å². The van der Waals surface area contributed by atoms with E-state index in [1.54, 1.807) is 6.92 Å². The molecule has 0 bridgehead atoms. The zero-order chi connectivity index (χ0) is 16.4. The van der Waals surface area contributed by atoms with Crippen LogP contribution in [0.15, 0.2) is 30.3 Å². The zero-order valence-corrected chi connectivity index (χ0v) is 13.5. The third-order valence-electron chi connectivity index (χ3n) is 5.55. The minimum absolute atomic E-state index is 0.0501. The van der Waals surface area contributed by atoms with Gasteiger partial charge in [0, 0.05) is 23.8 Å². The van der Waals surface area contributed by atoms with Gasteiger partial charge >= 0.3 is 0 Å². The topological polar surface area (TPSA) is 69.2 Å². The quantitative estimate of drug-likeness (QED) is 0.897. The second-order valence-corrected chi connectivity index (χ2v) is 6.96. The number of nitrogens with one attached hydrogen (secondary N) is 1. The second kappa shape index (κ2) is 6.11. The Labute approximate surface area is 131 Å². The molecule has 0 unspecified atom stereocenters. The highest BCUT2D eigenvalue weighted by atomic mass is 16.4. The van der Waals surface area contributed by atoms with Gasteiger partial charge in [-0.3, -0.25) is 4.79 Å². The molecule has 1 aromatic carbocycles. The lowest BCUT2D eigenvalue weighted by atomic mass is 9.65. The van der Waals surface area contributed by atoms with Crippen molar-refractivity contribution < 1.29 is 14.7 Å². The minimum atomic E-state index is -1.06. The molecular weight excluding hydrogens is 278 g/mol. The SMILES string of the molecule is CC1(C)[C@@H](C(=O)NCCc2ccccc2)CC[C@@]1(C)C(=O)[O-]. The summed E-state index contributed by atoms with van der Waals surface area (Å²) < 4.78 is 0. The van der Waals surface area contributed by atoms with Gasteiger partial charge in [-0.05, 0) is 30.2 Å². The molecule has 120 valence electrons. The van der Waals surface area contributed by atoms with Crippen molar-refractivity contribution in [2.45, 2.75) is 40.0 Å². The van der Waals surface area contributed by atoms with Crippen molar-refractivity contribution in [1.82, 2.24) is 5.32 Å². The van der Waals surface area contributed by atoms with E-state index < -0.39 is 16.8 Å². The molecule has 1 saturated carbocycles. The summed E-state index contributed by atoms with van der Waals surface area (Å²) >= 11 is 0. The van der Waals surface area contributed by atoms with Gasteiger partial charge in [0.1, 0.15) is 0 Å². The fourth-order valence-electron chi connectivity index (χ4n) is 3.42. The lowest BCUT2D eigenvalue weighted by Gasteiger charge is -2.41. The molecule has 22 heavy (non-hydrogen) atoms. The van der Waals surface area contributed by atoms with Gasteiger partial charge in [-0.15, -0.1) is 0 Å². The van der Waals surface area contributed by atoms with Crippen molar-refractivity contribution in [1.29, 1.82) is 0 Å². The summed E-state index contributed by atoms with van der Waals surface area (Å²) in [6.45, 7) is 5.98. The van der Waals surface area contributed by atoms with E-state index in [1.165, 1.54) is 5.56 Å². The third-order valence-corrected chi connectivity index (χ3v) is 5.55. The molecule has 1 aliphatic rings. The molecule has 1 aliphatic carbocycles. The van der Waals surface area contributed by atoms with Crippen molar-refractivity contribution in [2.75, 3.05) is 6.54 Å². The highest BCUT2D eigenvalue weighted by molar-refractivity contribution is 5.83. The van der Waals surface area contributed by atoms with Crippen LogP contribution in [0.5, 0.6) is 0 Å². The summed E-state index contributed by atoms with van der Waals surface area (Å²) in [5.41, 5.74) is -0.384. The fourth-order valence-corrected chi connectivity index (χ4v) is 3.42. The minimum Gasteiger partial charge on any atom is -0.550 e. The van der Waals surface area contributed by atoms with Crippen molar-refractivity contribution in [3.05, 3.63) is 35.9 Å². The maximum Gasteiger partial charge on any atom is 0.223 e. The van der Waals surface area contributed by atoms with Crippen molar-refractivity contribution in [3.8, 4) is 0 Å². The molecule has 1 aromatic rings. The van der Waals surface area contributed by atoms with Crippen LogP contribution in [0.4, 0.5) is 0 Å². The summed E-state index contributed by atoms with van der Waals surface area (Å²) in [6.07, 6.45) is 1.85. The Bertz CT molecular complexity index is 553. The van der Waals surface area contributed by atoms with Crippen LogP contribution in [0.3, 0.4) is 0 Å². The maximum atomic E-state index is 12.4. The van der Waals surface area contributed by atoms with E-state index in [0.717, 1.165) is 6.42 Å². The molecule has 0 aliphatic heterocycles. The van der Waals surface area contributed by atoms with E-state index in [-0.39, 0.29) is 11.8 Å². The van der Waals surface area contributed by atoms with E-state index in [4.69, 9.17) is 0 Å². The molecular formula is C18H24NO3-. The highest BCUT2D eigenvalue weighted by Gasteiger charge is 2.54. The first-order valence-corrected chi connectivity index (χ1v) is 7.82. The first-order valence-electron chi connectivity index (χ1n) is 7.82. The van der Waals surface area contributed by atoms with E-state index in [1.807, 2.05) is 44.2 Å². The van der Waals surface area contributed by atoms with Gasteiger partial charge in [0.25, 0.3) is 0 Å². The standard InChI is InChI=1S/C18H25NO3/c1-17(2)14(9-11-18(17,3)16(21)22)15(20)19-12-10-13-7-5-4-6-8-13/h4-8,14H,9-12H2,1-3H3,(H,19,20)(H,21,22)/p-1/t14-,18+/m1/s1. The number of rotatable bonds is 5. The monoisotopic (exact) mass is 302 g/mol. The van der Waals surface area contributed by atoms with Gasteiger partial charge in [-0.1, -0.05) is 51.1 Å². The molecule has 1 fully saturated rings. The predicted octanol–water partition coefficient (Wildman–Crippen LogP) is 1.54. The number of benzene rings is 1. The normalized spacial score (nSPS) is 26.6. The van der Waals surface area contributed by atoms with Gasteiger partial charge in [0.15, 0.2) is 0 Å². The van der Waals surface area contributed by atoms with E-state index in [9.17, 15) is 14.7 Å². The number of carbonyl (C=O) groups is 2. The lowest BCUT2D eigenvalue weighted by molar-refractivity contribution is -0.323. The summed E-state index contributed by atoms with van der Waals surface area (Å²) in [6, 6.07) is 9.96. The number of hydrogen-bond acceptors (Lipinski definition) is 3. The predicted molar refractivity (Wildman–Crippen MR) is 82.8 cm³/mol. The fraction of sp³-hybridized carbons (Fsp3) is 0.556. The van der Waals surface area contributed by atoms with Crippen LogP contribution in [0.2, 0.25) is 0 Å². The summed E-state index contributed by atoms with van der Waals surface area (Å²) in [7, 11) is 0. The second-order valence-electron chi connectivity index (χ2n) is 6.96. The average molecular weight is 302 g/mol. The maximum absolute atomic E-state index is 12.4. The van der Waals surface area contributed by atoms with Crippen molar-refractivity contribution >= 4 is 11.9 Å². The Morgan fingerprint density at radius 1 is 1.23 bits per heavy atom. The van der Waals surface area contributed by atoms with Gasteiger partial charge < -0.3 is 15.2 Å².